The van der Waals surface area contributed by atoms with Crippen molar-refractivity contribution >= 4 is 35.6 Å². The fourth-order valence-corrected chi connectivity index (χ4v) is 7.39. The van der Waals surface area contributed by atoms with Crippen LogP contribution in [-0.4, -0.2) is 58.6 Å². The number of piperidine rings is 1. The maximum absolute atomic E-state index is 13.8. The number of esters is 1. The first-order valence-corrected chi connectivity index (χ1v) is 14.7. The van der Waals surface area contributed by atoms with E-state index in [0.29, 0.717) is 37.6 Å². The van der Waals surface area contributed by atoms with Gasteiger partial charge < -0.3 is 14.5 Å². The van der Waals surface area contributed by atoms with Crippen LogP contribution < -0.4 is 0 Å². The molecule has 6 nitrogen and oxygen atoms in total. The summed E-state index contributed by atoms with van der Waals surface area (Å²) in [6, 6.07) is 16.0. The van der Waals surface area contributed by atoms with Crippen LogP contribution in [0.3, 0.4) is 0 Å². The topological polar surface area (TPSA) is 66.9 Å². The maximum atomic E-state index is 13.8. The third-order valence-electron chi connectivity index (χ3n) is 7.97. The normalized spacial score (nSPS) is 26.3. The molecule has 4 unspecified atom stereocenters. The van der Waals surface area contributed by atoms with Gasteiger partial charge in [-0.2, -0.15) is 0 Å². The Kier molecular flexibility index (Phi) is 8.70. The summed E-state index contributed by atoms with van der Waals surface area (Å²) >= 11 is 1.62. The molecule has 2 aromatic rings. The highest BCUT2D eigenvalue weighted by Gasteiger charge is 2.45. The van der Waals surface area contributed by atoms with Crippen molar-refractivity contribution in [1.82, 2.24) is 9.80 Å². The van der Waals surface area contributed by atoms with Crippen LogP contribution in [0.4, 0.5) is 4.39 Å². The molecule has 0 radical (unpaired) electrons. The molecule has 0 aromatic heterocycles. The number of fused-ring (bicyclic) bond motifs is 1. The Morgan fingerprint density at radius 2 is 1.82 bits per heavy atom. The third kappa shape index (κ3) is 6.38. The van der Waals surface area contributed by atoms with E-state index in [-0.39, 0.29) is 46.7 Å². The third-order valence-corrected chi connectivity index (χ3v) is 9.37. The summed E-state index contributed by atoms with van der Waals surface area (Å²) in [6.45, 7) is 3.55. The van der Waals surface area contributed by atoms with E-state index in [2.05, 4.69) is 0 Å². The summed E-state index contributed by atoms with van der Waals surface area (Å²) in [7, 11) is 0. The molecule has 2 amide bonds. The quantitative estimate of drug-likeness (QED) is 0.362. The van der Waals surface area contributed by atoms with Crippen LogP contribution in [0.25, 0.3) is 6.08 Å². The summed E-state index contributed by atoms with van der Waals surface area (Å²) in [4.78, 5) is 44.2. The molecule has 8 heteroatoms. The lowest BCUT2D eigenvalue weighted by Gasteiger charge is -2.47. The molecular formula is C31H35FN2O4S. The van der Waals surface area contributed by atoms with Crippen molar-refractivity contribution in [2.24, 2.45) is 11.8 Å². The molecule has 0 N–H and O–H groups in total. The molecule has 2 saturated heterocycles. The number of hydrogen-bond acceptors (Lipinski definition) is 5. The fourth-order valence-electron chi connectivity index (χ4n) is 5.97. The summed E-state index contributed by atoms with van der Waals surface area (Å²) in [5, 5.41) is 0.177. The largest absolute Gasteiger partial charge is 0.466 e. The van der Waals surface area contributed by atoms with E-state index in [1.807, 2.05) is 46.2 Å². The molecule has 0 bridgehead atoms. The minimum absolute atomic E-state index is 0.0529. The molecule has 39 heavy (non-hydrogen) atoms. The number of rotatable bonds is 6. The highest BCUT2D eigenvalue weighted by Crippen LogP contribution is 2.45. The first kappa shape index (κ1) is 27.4. The zero-order valence-corrected chi connectivity index (χ0v) is 23.1. The van der Waals surface area contributed by atoms with Crippen LogP contribution in [0.5, 0.6) is 0 Å². The number of ether oxygens (including phenoxy) is 1. The Morgan fingerprint density at radius 3 is 2.56 bits per heavy atom. The van der Waals surface area contributed by atoms with Gasteiger partial charge in [0.1, 0.15) is 5.82 Å². The fraction of sp³-hybridized carbons (Fsp3) is 0.452. The molecule has 0 spiro atoms. The lowest BCUT2D eigenvalue weighted by Crippen LogP contribution is -2.54. The van der Waals surface area contributed by atoms with Gasteiger partial charge in [0, 0.05) is 36.8 Å². The van der Waals surface area contributed by atoms with E-state index >= 15 is 0 Å². The molecule has 206 valence electrons. The predicted molar refractivity (Wildman–Crippen MR) is 150 cm³/mol. The van der Waals surface area contributed by atoms with Crippen LogP contribution in [0.1, 0.15) is 50.2 Å². The number of halogens is 1. The number of hydrogen-bond donors (Lipinski definition) is 0. The molecule has 1 saturated carbocycles. The lowest BCUT2D eigenvalue weighted by molar-refractivity contribution is -0.152. The Labute approximate surface area is 233 Å². The first-order valence-electron chi connectivity index (χ1n) is 13.9. The van der Waals surface area contributed by atoms with Gasteiger partial charge in [0.25, 0.3) is 5.91 Å². The number of likely N-dealkylation sites (tertiary alicyclic amines) is 1. The van der Waals surface area contributed by atoms with Gasteiger partial charge in [0.05, 0.1) is 17.4 Å². The molecule has 1 aliphatic carbocycles. The summed E-state index contributed by atoms with van der Waals surface area (Å²) in [5.41, 5.74) is 1.83. The number of carbonyl (C=O) groups is 3. The van der Waals surface area contributed by atoms with Crippen LogP contribution >= 0.6 is 11.8 Å². The number of benzene rings is 2. The van der Waals surface area contributed by atoms with Crippen molar-refractivity contribution in [1.29, 1.82) is 0 Å². The van der Waals surface area contributed by atoms with Crippen molar-refractivity contribution in [3.05, 3.63) is 76.4 Å². The van der Waals surface area contributed by atoms with Gasteiger partial charge in [0.15, 0.2) is 0 Å². The average molecular weight is 551 g/mol. The average Bonchev–Trinajstić information content (AvgIpc) is 2.96. The number of carbonyl (C=O) groups excluding carboxylic acids is 3. The minimum atomic E-state index is -0.312. The van der Waals surface area contributed by atoms with Crippen molar-refractivity contribution in [3.8, 4) is 0 Å². The molecule has 3 aliphatic rings. The second kappa shape index (κ2) is 12.4. The zero-order valence-electron chi connectivity index (χ0n) is 22.3. The Morgan fingerprint density at radius 1 is 1.05 bits per heavy atom. The summed E-state index contributed by atoms with van der Waals surface area (Å²) < 4.78 is 18.8. The SMILES string of the molecule is CCOC(=O)C1CCCN(C(=O)C2CCC3S/C(=C\c4ccccc4)C(=O)N(Cc4ccc(F)cc4)C3C2)C1. The zero-order chi connectivity index (χ0) is 27.4. The second-order valence-corrected chi connectivity index (χ2v) is 11.9. The van der Waals surface area contributed by atoms with E-state index < -0.39 is 0 Å². The van der Waals surface area contributed by atoms with E-state index in [1.54, 1.807) is 30.8 Å². The van der Waals surface area contributed by atoms with Crippen molar-refractivity contribution in [3.63, 3.8) is 0 Å². The van der Waals surface area contributed by atoms with Crippen LogP contribution in [0.15, 0.2) is 59.5 Å². The molecular weight excluding hydrogens is 515 g/mol. The van der Waals surface area contributed by atoms with E-state index in [1.165, 1.54) is 12.1 Å². The monoisotopic (exact) mass is 550 g/mol. The summed E-state index contributed by atoms with van der Waals surface area (Å²) in [5.74, 6) is -0.985. The van der Waals surface area contributed by atoms with Gasteiger partial charge in [-0.3, -0.25) is 14.4 Å². The summed E-state index contributed by atoms with van der Waals surface area (Å²) in [6.07, 6.45) is 5.63. The lowest BCUT2D eigenvalue weighted by atomic mass is 9.82. The van der Waals surface area contributed by atoms with E-state index in [4.69, 9.17) is 4.74 Å². The predicted octanol–water partition coefficient (Wildman–Crippen LogP) is 5.28. The van der Waals surface area contributed by atoms with E-state index in [9.17, 15) is 18.8 Å². The van der Waals surface area contributed by atoms with Gasteiger partial charge in [0.2, 0.25) is 5.91 Å². The van der Waals surface area contributed by atoms with Gasteiger partial charge in [-0.05, 0) is 68.4 Å². The Hall–Kier alpha value is -3.13. The molecule has 2 heterocycles. The molecule has 4 atom stereocenters. The molecule has 5 rings (SSSR count). The van der Waals surface area contributed by atoms with Gasteiger partial charge >= 0.3 is 5.97 Å². The van der Waals surface area contributed by atoms with Gasteiger partial charge in [-0.15, -0.1) is 11.8 Å². The molecule has 2 aliphatic heterocycles. The smallest absolute Gasteiger partial charge is 0.310 e. The molecule has 3 fully saturated rings. The maximum Gasteiger partial charge on any atom is 0.310 e. The van der Waals surface area contributed by atoms with E-state index in [0.717, 1.165) is 36.8 Å². The van der Waals surface area contributed by atoms with Crippen LogP contribution in [-0.2, 0) is 25.7 Å². The Bertz CT molecular complexity index is 1220. The second-order valence-electron chi connectivity index (χ2n) is 10.6. The van der Waals surface area contributed by atoms with Crippen molar-refractivity contribution in [2.45, 2.75) is 56.9 Å². The Balaban J connectivity index is 1.35. The molecule has 2 aromatic carbocycles. The number of thioether (sulfide) groups is 1. The highest BCUT2D eigenvalue weighted by molar-refractivity contribution is 8.04. The standard InChI is InChI=1S/C31H35FN2O4S/c1-2-38-31(37)24-9-6-16-33(20-24)29(35)23-12-15-27-26(18-23)34(19-22-10-13-25(32)14-11-22)30(36)28(39-27)17-21-7-4-3-5-8-21/h3-5,7-8,10-11,13-14,17,23-24,26-27H,2,6,9,12,15-16,18-20H2,1H3/b28-17-. The van der Waals surface area contributed by atoms with Crippen LogP contribution in [0, 0.1) is 17.7 Å². The van der Waals surface area contributed by atoms with Crippen molar-refractivity contribution in [2.75, 3.05) is 19.7 Å². The van der Waals surface area contributed by atoms with Gasteiger partial charge in [-0.25, -0.2) is 4.39 Å². The number of nitrogens with zero attached hydrogens (tertiary/aromatic N) is 2. The number of amides is 2. The minimum Gasteiger partial charge on any atom is -0.466 e. The highest BCUT2D eigenvalue weighted by atomic mass is 32.2. The first-order chi connectivity index (χ1) is 18.9. The van der Waals surface area contributed by atoms with Gasteiger partial charge in [-0.1, -0.05) is 42.5 Å². The van der Waals surface area contributed by atoms with Crippen LogP contribution in [0.2, 0.25) is 0 Å². The van der Waals surface area contributed by atoms with Crippen molar-refractivity contribution < 1.29 is 23.5 Å².